The first kappa shape index (κ1) is 37.7. The van der Waals surface area contributed by atoms with E-state index in [4.69, 9.17) is 0 Å². The fourth-order valence-corrected chi connectivity index (χ4v) is 9.33. The van der Waals surface area contributed by atoms with E-state index >= 15 is 0 Å². The highest BCUT2D eigenvalue weighted by molar-refractivity contribution is 6.22. The third-order valence-electron chi connectivity index (χ3n) is 12.2. The summed E-state index contributed by atoms with van der Waals surface area (Å²) in [6.45, 7) is 0. The Hall–Kier alpha value is -8.26. The first-order valence-electron chi connectivity index (χ1n) is 21.7. The number of hydrogen-bond donors (Lipinski definition) is 0. The Bertz CT molecular complexity index is 3280. The summed E-state index contributed by atoms with van der Waals surface area (Å²) in [6.07, 6.45) is 0. The van der Waals surface area contributed by atoms with Gasteiger partial charge >= 0.3 is 0 Å². The van der Waals surface area contributed by atoms with E-state index in [1.807, 2.05) is 0 Å². The van der Waals surface area contributed by atoms with Crippen LogP contribution in [0.2, 0.25) is 0 Å². The lowest BCUT2D eigenvalue weighted by molar-refractivity contribution is 1.28. The van der Waals surface area contributed by atoms with Crippen molar-refractivity contribution in [1.29, 1.82) is 0 Å². The van der Waals surface area contributed by atoms with E-state index in [-0.39, 0.29) is 0 Å². The highest BCUT2D eigenvalue weighted by atomic mass is 15.1. The quantitative estimate of drug-likeness (QED) is 0.131. The lowest BCUT2D eigenvalue weighted by Gasteiger charge is -2.31. The maximum atomic E-state index is 2.45. The summed E-state index contributed by atoms with van der Waals surface area (Å²) < 4.78 is 0. The van der Waals surface area contributed by atoms with E-state index in [9.17, 15) is 0 Å². The number of fused-ring (bicyclic) bond motifs is 3. The van der Waals surface area contributed by atoms with Crippen molar-refractivity contribution < 1.29 is 0 Å². The maximum absolute atomic E-state index is 2.45. The van der Waals surface area contributed by atoms with Crippen LogP contribution in [0.15, 0.2) is 261 Å². The third-order valence-corrected chi connectivity index (χ3v) is 12.2. The summed E-state index contributed by atoms with van der Waals surface area (Å²) in [4.78, 5) is 2.45. The van der Waals surface area contributed by atoms with Crippen LogP contribution in [0, 0.1) is 0 Å². The zero-order chi connectivity index (χ0) is 42.0. The molecule has 63 heavy (non-hydrogen) atoms. The largest absolute Gasteiger partial charge is 0.309 e. The van der Waals surface area contributed by atoms with Gasteiger partial charge in [-0.3, -0.25) is 0 Å². The second-order valence-electron chi connectivity index (χ2n) is 16.0. The van der Waals surface area contributed by atoms with Crippen LogP contribution >= 0.6 is 0 Å². The second kappa shape index (κ2) is 16.7. The van der Waals surface area contributed by atoms with Crippen LogP contribution in [0.25, 0.3) is 88.3 Å². The minimum absolute atomic E-state index is 1.08. The predicted molar refractivity (Wildman–Crippen MR) is 269 cm³/mol. The number of hydrogen-bond acceptors (Lipinski definition) is 1. The molecule has 0 heterocycles. The molecular weight excluding hydrogens is 759 g/mol. The molecule has 296 valence electrons. The molecule has 0 amide bonds. The Labute approximate surface area is 369 Å². The lowest BCUT2D eigenvalue weighted by atomic mass is 9.84. The molecule has 11 aromatic rings. The van der Waals surface area contributed by atoms with Gasteiger partial charge in [-0.05, 0) is 108 Å². The summed E-state index contributed by atoms with van der Waals surface area (Å²) in [5.41, 5.74) is 17.6. The molecule has 0 spiro atoms. The summed E-state index contributed by atoms with van der Waals surface area (Å²) >= 11 is 0. The van der Waals surface area contributed by atoms with Crippen molar-refractivity contribution in [2.75, 3.05) is 4.90 Å². The maximum Gasteiger partial charge on any atom is 0.0618 e. The fraction of sp³-hybridized carbons (Fsp3) is 0. The average molecular weight is 802 g/mol. The molecule has 0 fully saturated rings. The van der Waals surface area contributed by atoms with E-state index in [0.717, 1.165) is 33.8 Å². The number of benzene rings is 11. The van der Waals surface area contributed by atoms with Gasteiger partial charge in [0.1, 0.15) is 0 Å². The van der Waals surface area contributed by atoms with Crippen molar-refractivity contribution in [3.05, 3.63) is 261 Å². The van der Waals surface area contributed by atoms with Gasteiger partial charge in [0.05, 0.1) is 5.69 Å². The Kier molecular flexibility index (Phi) is 9.97. The Morgan fingerprint density at radius 3 is 1.17 bits per heavy atom. The minimum Gasteiger partial charge on any atom is -0.309 e. The normalized spacial score (nSPS) is 11.2. The highest BCUT2D eigenvalue weighted by Crippen LogP contribution is 2.49. The fourth-order valence-electron chi connectivity index (χ4n) is 9.33. The molecule has 0 aliphatic carbocycles. The van der Waals surface area contributed by atoms with E-state index in [0.29, 0.717) is 0 Å². The first-order chi connectivity index (χ1) is 31.3. The van der Waals surface area contributed by atoms with Crippen molar-refractivity contribution in [2.45, 2.75) is 0 Å². The average Bonchev–Trinajstić information content (AvgIpc) is 3.37. The number of nitrogens with zero attached hydrogens (tertiary/aromatic N) is 1. The molecule has 0 saturated carbocycles. The van der Waals surface area contributed by atoms with E-state index in [2.05, 4.69) is 266 Å². The molecule has 0 aliphatic heterocycles. The van der Waals surface area contributed by atoms with Crippen molar-refractivity contribution in [3.63, 3.8) is 0 Å². The Balaban J connectivity index is 1.12. The van der Waals surface area contributed by atoms with Gasteiger partial charge in [-0.1, -0.05) is 231 Å². The molecule has 0 bridgehead atoms. The van der Waals surface area contributed by atoms with Gasteiger partial charge in [0.15, 0.2) is 0 Å². The molecule has 0 radical (unpaired) electrons. The van der Waals surface area contributed by atoms with Gasteiger partial charge in [0.25, 0.3) is 0 Å². The molecule has 0 saturated heterocycles. The van der Waals surface area contributed by atoms with E-state index < -0.39 is 0 Å². The molecule has 11 rings (SSSR count). The molecule has 0 N–H and O–H groups in total. The van der Waals surface area contributed by atoms with Crippen LogP contribution in [0.4, 0.5) is 17.1 Å². The van der Waals surface area contributed by atoms with Crippen molar-refractivity contribution in [2.24, 2.45) is 0 Å². The van der Waals surface area contributed by atoms with Crippen molar-refractivity contribution >= 4 is 38.6 Å². The van der Waals surface area contributed by atoms with E-state index in [1.54, 1.807) is 0 Å². The number of para-hydroxylation sites is 1. The smallest absolute Gasteiger partial charge is 0.0618 e. The third kappa shape index (κ3) is 7.16. The van der Waals surface area contributed by atoms with Crippen LogP contribution in [-0.4, -0.2) is 0 Å². The molecule has 1 heteroatoms. The predicted octanol–water partition coefficient (Wildman–Crippen LogP) is 17.5. The van der Waals surface area contributed by atoms with Crippen LogP contribution in [0.1, 0.15) is 0 Å². The monoisotopic (exact) mass is 801 g/mol. The van der Waals surface area contributed by atoms with Crippen LogP contribution < -0.4 is 4.90 Å². The van der Waals surface area contributed by atoms with Gasteiger partial charge < -0.3 is 4.90 Å². The van der Waals surface area contributed by atoms with Crippen molar-refractivity contribution in [3.8, 4) is 66.8 Å². The lowest BCUT2D eigenvalue weighted by Crippen LogP contribution is -2.13. The number of anilines is 3. The summed E-state index contributed by atoms with van der Waals surface area (Å²) in [6, 6.07) is 94.6. The molecule has 0 aliphatic rings. The molecule has 0 atom stereocenters. The summed E-state index contributed by atoms with van der Waals surface area (Å²) in [5, 5.41) is 5.01. The van der Waals surface area contributed by atoms with Gasteiger partial charge in [-0.2, -0.15) is 0 Å². The van der Waals surface area contributed by atoms with Gasteiger partial charge in [0, 0.05) is 22.5 Å². The van der Waals surface area contributed by atoms with Crippen molar-refractivity contribution in [1.82, 2.24) is 0 Å². The highest BCUT2D eigenvalue weighted by Gasteiger charge is 2.23. The topological polar surface area (TPSA) is 3.24 Å². The standard InChI is InChI=1S/C62H43N/c1-6-20-44(21-7-1)50-30-18-31-53(42-50)63(62-54(46-22-8-2-9-23-46)34-19-35-55(62)47-24-10-3-11-25-47)52-39-36-45(37-40-52)51-38-41-57-56-32-16-17-33-58(56)60(48-26-12-4-13-27-48)61(59(57)43-51)49-28-14-5-15-29-49/h1-43H. The zero-order valence-corrected chi connectivity index (χ0v) is 34.8. The van der Waals surface area contributed by atoms with Gasteiger partial charge in [0.2, 0.25) is 0 Å². The number of rotatable bonds is 9. The minimum atomic E-state index is 1.08. The zero-order valence-electron chi connectivity index (χ0n) is 34.8. The molecule has 0 unspecified atom stereocenters. The summed E-state index contributed by atoms with van der Waals surface area (Å²) in [7, 11) is 0. The Morgan fingerprint density at radius 1 is 0.206 bits per heavy atom. The molecule has 1 nitrogen and oxygen atoms in total. The van der Waals surface area contributed by atoms with Crippen LogP contribution in [0.5, 0.6) is 0 Å². The molecular formula is C62H43N. The molecule has 0 aromatic heterocycles. The van der Waals surface area contributed by atoms with E-state index in [1.165, 1.54) is 71.6 Å². The molecule has 11 aromatic carbocycles. The van der Waals surface area contributed by atoms with Gasteiger partial charge in [-0.25, -0.2) is 0 Å². The second-order valence-corrected chi connectivity index (χ2v) is 16.0. The van der Waals surface area contributed by atoms with Crippen LogP contribution in [-0.2, 0) is 0 Å². The summed E-state index contributed by atoms with van der Waals surface area (Å²) in [5.74, 6) is 0. The van der Waals surface area contributed by atoms with Gasteiger partial charge in [-0.15, -0.1) is 0 Å². The van der Waals surface area contributed by atoms with Crippen LogP contribution in [0.3, 0.4) is 0 Å². The first-order valence-corrected chi connectivity index (χ1v) is 21.7. The SMILES string of the molecule is c1ccc(-c2cccc(N(c3ccc(-c4ccc5c(c4)c(-c4ccccc4)c(-c4ccccc4)c4ccccc45)cc3)c3c(-c4ccccc4)cccc3-c3ccccc3)c2)cc1. The Morgan fingerprint density at radius 2 is 0.603 bits per heavy atom.